The summed E-state index contributed by atoms with van der Waals surface area (Å²) in [5.74, 6) is -0.121. The number of rotatable bonds is 5. The Hall–Kier alpha value is -2.75. The van der Waals surface area contributed by atoms with Gasteiger partial charge in [0.2, 0.25) is 5.82 Å². The minimum atomic E-state index is -3.94. The van der Waals surface area contributed by atoms with E-state index in [0.717, 1.165) is 15.6 Å². The Bertz CT molecular complexity index is 1270. The van der Waals surface area contributed by atoms with E-state index in [1.807, 2.05) is 0 Å². The van der Waals surface area contributed by atoms with E-state index in [0.29, 0.717) is 21.2 Å². The highest BCUT2D eigenvalue weighted by atomic mass is 35.5. The first-order valence-corrected chi connectivity index (χ1v) is 11.0. The van der Waals surface area contributed by atoms with Crippen molar-refractivity contribution in [1.82, 2.24) is 10.1 Å². The van der Waals surface area contributed by atoms with E-state index in [-0.39, 0.29) is 16.6 Å². The van der Waals surface area contributed by atoms with E-state index in [4.69, 9.17) is 16.1 Å². The van der Waals surface area contributed by atoms with Crippen LogP contribution in [0.15, 0.2) is 69.4 Å². The van der Waals surface area contributed by atoms with E-state index in [1.165, 1.54) is 37.4 Å². The summed E-state index contributed by atoms with van der Waals surface area (Å²) in [5.41, 5.74) is 0.902. The SMILES string of the molecule is CN(c1ccc(F)cc1)S(=O)(=O)c1ccsc1-c1nc(-c2ccccc2Cl)no1. The van der Waals surface area contributed by atoms with Gasteiger partial charge in [0.05, 0.1) is 10.7 Å². The molecule has 0 saturated carbocycles. The molecule has 0 atom stereocenters. The van der Waals surface area contributed by atoms with Crippen molar-refractivity contribution in [2.75, 3.05) is 11.4 Å². The number of hydrogen-bond acceptors (Lipinski definition) is 6. The first kappa shape index (κ1) is 19.6. The summed E-state index contributed by atoms with van der Waals surface area (Å²) in [5, 5.41) is 6.00. The molecule has 148 valence electrons. The lowest BCUT2D eigenvalue weighted by Gasteiger charge is -2.19. The van der Waals surface area contributed by atoms with Gasteiger partial charge in [0.25, 0.3) is 15.9 Å². The van der Waals surface area contributed by atoms with Gasteiger partial charge in [-0.2, -0.15) is 4.98 Å². The minimum Gasteiger partial charge on any atom is -0.333 e. The van der Waals surface area contributed by atoms with Gasteiger partial charge >= 0.3 is 0 Å². The molecule has 0 aliphatic heterocycles. The third-order valence-corrected chi connectivity index (χ3v) is 7.38. The first-order chi connectivity index (χ1) is 13.9. The zero-order valence-corrected chi connectivity index (χ0v) is 17.3. The fraction of sp³-hybridized carbons (Fsp3) is 0.0526. The predicted molar refractivity (Wildman–Crippen MR) is 110 cm³/mol. The van der Waals surface area contributed by atoms with Crippen LogP contribution in [0, 0.1) is 5.82 Å². The third kappa shape index (κ3) is 3.64. The predicted octanol–water partition coefficient (Wildman–Crippen LogP) is 5.08. The number of hydrogen-bond donors (Lipinski definition) is 0. The van der Waals surface area contributed by atoms with Crippen LogP contribution < -0.4 is 4.31 Å². The average molecular weight is 450 g/mol. The molecular formula is C19H13ClFN3O3S2. The van der Waals surface area contributed by atoms with Crippen molar-refractivity contribution in [1.29, 1.82) is 0 Å². The lowest BCUT2D eigenvalue weighted by atomic mass is 10.2. The Kier molecular flexibility index (Phi) is 5.12. The smallest absolute Gasteiger partial charge is 0.269 e. The van der Waals surface area contributed by atoms with E-state index < -0.39 is 15.8 Å². The molecular weight excluding hydrogens is 437 g/mol. The van der Waals surface area contributed by atoms with Crippen molar-refractivity contribution in [3.05, 3.63) is 70.8 Å². The monoisotopic (exact) mass is 449 g/mol. The zero-order chi connectivity index (χ0) is 20.6. The highest BCUT2D eigenvalue weighted by Crippen LogP contribution is 2.36. The van der Waals surface area contributed by atoms with Crippen molar-refractivity contribution in [3.8, 4) is 22.2 Å². The van der Waals surface area contributed by atoms with Crippen molar-refractivity contribution in [2.24, 2.45) is 0 Å². The molecule has 29 heavy (non-hydrogen) atoms. The number of halogens is 2. The number of anilines is 1. The topological polar surface area (TPSA) is 76.3 Å². The van der Waals surface area contributed by atoms with Crippen LogP contribution in [-0.2, 0) is 10.0 Å². The molecule has 0 unspecified atom stereocenters. The molecule has 0 radical (unpaired) electrons. The molecule has 0 bridgehead atoms. The summed E-state index contributed by atoms with van der Waals surface area (Å²) < 4.78 is 45.8. The molecule has 0 N–H and O–H groups in total. The van der Waals surface area contributed by atoms with E-state index in [9.17, 15) is 12.8 Å². The fourth-order valence-electron chi connectivity index (χ4n) is 2.66. The molecule has 0 saturated heterocycles. The molecule has 6 nitrogen and oxygen atoms in total. The van der Waals surface area contributed by atoms with Gasteiger partial charge in [0, 0.05) is 12.6 Å². The van der Waals surface area contributed by atoms with E-state index in [1.54, 1.807) is 29.6 Å². The Balaban J connectivity index is 1.72. The Morgan fingerprint density at radius 1 is 1.10 bits per heavy atom. The molecule has 0 aliphatic carbocycles. The Labute approximate surface area is 175 Å². The summed E-state index contributed by atoms with van der Waals surface area (Å²) in [7, 11) is -2.54. The van der Waals surface area contributed by atoms with Crippen LogP contribution in [0.4, 0.5) is 10.1 Å². The van der Waals surface area contributed by atoms with Gasteiger partial charge in [-0.25, -0.2) is 12.8 Å². The summed E-state index contributed by atoms with van der Waals surface area (Å²) in [6, 6.07) is 13.7. The summed E-state index contributed by atoms with van der Waals surface area (Å²) in [4.78, 5) is 4.64. The maximum Gasteiger partial charge on any atom is 0.269 e. The van der Waals surface area contributed by atoms with E-state index in [2.05, 4.69) is 10.1 Å². The molecule has 0 amide bonds. The van der Waals surface area contributed by atoms with Crippen LogP contribution in [0.1, 0.15) is 0 Å². The average Bonchev–Trinajstić information content (AvgIpc) is 3.38. The van der Waals surface area contributed by atoms with Crippen molar-refractivity contribution in [2.45, 2.75) is 4.90 Å². The Morgan fingerprint density at radius 3 is 2.55 bits per heavy atom. The molecule has 4 rings (SSSR count). The van der Waals surface area contributed by atoms with Gasteiger partial charge in [0.1, 0.15) is 15.6 Å². The highest BCUT2D eigenvalue weighted by Gasteiger charge is 2.28. The van der Waals surface area contributed by atoms with Crippen LogP contribution >= 0.6 is 22.9 Å². The molecule has 2 heterocycles. The van der Waals surface area contributed by atoms with Crippen molar-refractivity contribution < 1.29 is 17.3 Å². The van der Waals surface area contributed by atoms with Crippen LogP contribution in [0.5, 0.6) is 0 Å². The largest absolute Gasteiger partial charge is 0.333 e. The lowest BCUT2D eigenvalue weighted by Crippen LogP contribution is -2.26. The van der Waals surface area contributed by atoms with Crippen LogP contribution in [-0.4, -0.2) is 25.6 Å². The molecule has 0 aliphatic rings. The summed E-state index contributed by atoms with van der Waals surface area (Å²) in [6.45, 7) is 0. The van der Waals surface area contributed by atoms with Crippen LogP contribution in [0.25, 0.3) is 22.2 Å². The number of aromatic nitrogens is 2. The maximum absolute atomic E-state index is 13.2. The second kappa shape index (κ2) is 7.58. The minimum absolute atomic E-state index is 0.0173. The fourth-order valence-corrected chi connectivity index (χ4v) is 5.39. The van der Waals surface area contributed by atoms with E-state index >= 15 is 0 Å². The van der Waals surface area contributed by atoms with Gasteiger partial charge < -0.3 is 4.52 Å². The molecule has 2 aromatic heterocycles. The van der Waals surface area contributed by atoms with Crippen LogP contribution in [0.3, 0.4) is 0 Å². The third-order valence-electron chi connectivity index (χ3n) is 4.19. The van der Waals surface area contributed by atoms with Crippen molar-refractivity contribution >= 4 is 38.6 Å². The molecule has 4 aromatic rings. The normalized spacial score (nSPS) is 11.6. The molecule has 2 aromatic carbocycles. The Morgan fingerprint density at radius 2 is 1.83 bits per heavy atom. The molecule has 0 fully saturated rings. The highest BCUT2D eigenvalue weighted by molar-refractivity contribution is 7.93. The van der Waals surface area contributed by atoms with Crippen molar-refractivity contribution in [3.63, 3.8) is 0 Å². The van der Waals surface area contributed by atoms with Gasteiger partial charge in [0.15, 0.2) is 0 Å². The summed E-state index contributed by atoms with van der Waals surface area (Å²) in [6.07, 6.45) is 0. The standard InChI is InChI=1S/C19H13ClFN3O3S2/c1-24(13-8-6-12(21)7-9-13)29(25,26)16-10-11-28-17(16)19-22-18(23-27-19)14-4-2-3-5-15(14)20/h2-11H,1H3. The zero-order valence-electron chi connectivity index (χ0n) is 14.9. The number of thiophene rings is 1. The second-order valence-corrected chi connectivity index (χ2v) is 9.23. The van der Waals surface area contributed by atoms with Gasteiger partial charge in [-0.3, -0.25) is 4.31 Å². The van der Waals surface area contributed by atoms with Gasteiger partial charge in [-0.15, -0.1) is 11.3 Å². The number of sulfonamides is 1. The molecule has 0 spiro atoms. The van der Waals surface area contributed by atoms with Crippen LogP contribution in [0.2, 0.25) is 5.02 Å². The summed E-state index contributed by atoms with van der Waals surface area (Å²) >= 11 is 7.33. The number of benzene rings is 2. The lowest BCUT2D eigenvalue weighted by molar-refractivity contribution is 0.432. The van der Waals surface area contributed by atoms with Gasteiger partial charge in [-0.05, 0) is 47.8 Å². The second-order valence-electron chi connectivity index (χ2n) is 5.97. The quantitative estimate of drug-likeness (QED) is 0.424. The maximum atomic E-state index is 13.2. The molecule has 10 heteroatoms. The number of nitrogens with zero attached hydrogens (tertiary/aromatic N) is 3. The first-order valence-electron chi connectivity index (χ1n) is 8.29. The van der Waals surface area contributed by atoms with Gasteiger partial charge in [-0.1, -0.05) is 28.9 Å².